The van der Waals surface area contributed by atoms with Crippen LogP contribution in [0, 0.1) is 0 Å². The Morgan fingerprint density at radius 2 is 1.41 bits per heavy atom. The van der Waals surface area contributed by atoms with E-state index in [-0.39, 0.29) is 23.4 Å². The molecule has 0 aromatic carbocycles. The highest BCUT2D eigenvalue weighted by atomic mass is 32.2. The minimum Gasteiger partial charge on any atom is -0.317 e. The largest absolute Gasteiger partial charge is 0.317 e. The zero-order valence-electron chi connectivity index (χ0n) is 16.1. The molecule has 27 heavy (non-hydrogen) atoms. The Balaban J connectivity index is 1.81. The number of hydrogen-bond donors (Lipinski definition) is 0. The van der Waals surface area contributed by atoms with Gasteiger partial charge in [0.25, 0.3) is 11.8 Å². The molecule has 3 aliphatic rings. The van der Waals surface area contributed by atoms with E-state index in [2.05, 4.69) is 0 Å². The first kappa shape index (κ1) is 20.7. The topological polar surface area (TPSA) is 74.8 Å². The van der Waals surface area contributed by atoms with E-state index in [0.717, 1.165) is 12.8 Å². The van der Waals surface area contributed by atoms with Crippen LogP contribution < -0.4 is 0 Å². The zero-order valence-corrected chi connectivity index (χ0v) is 17.8. The zero-order chi connectivity index (χ0) is 19.7. The van der Waals surface area contributed by atoms with Gasteiger partial charge in [-0.05, 0) is 32.6 Å². The van der Waals surface area contributed by atoms with Gasteiger partial charge in [0.05, 0.1) is 0 Å². The first-order valence-electron chi connectivity index (χ1n) is 9.80. The highest BCUT2D eigenvalue weighted by Crippen LogP contribution is 2.53. The van der Waals surface area contributed by atoms with Crippen molar-refractivity contribution in [3.05, 3.63) is 0 Å². The van der Waals surface area contributed by atoms with Gasteiger partial charge in [-0.15, -0.1) is 23.5 Å². The molecule has 0 spiro atoms. The van der Waals surface area contributed by atoms with Crippen LogP contribution in [-0.4, -0.2) is 67.5 Å². The van der Waals surface area contributed by atoms with Gasteiger partial charge in [0.1, 0.15) is 11.6 Å². The van der Waals surface area contributed by atoms with Crippen molar-refractivity contribution in [2.75, 3.05) is 24.6 Å². The molecule has 0 radical (unpaired) electrons. The summed E-state index contributed by atoms with van der Waals surface area (Å²) in [4.78, 5) is 52.0. The van der Waals surface area contributed by atoms with Gasteiger partial charge >= 0.3 is 0 Å². The third-order valence-corrected chi connectivity index (χ3v) is 8.71. The maximum absolute atomic E-state index is 13.5. The molecule has 3 rings (SSSR count). The van der Waals surface area contributed by atoms with Crippen LogP contribution in [-0.2, 0) is 19.2 Å². The van der Waals surface area contributed by atoms with Gasteiger partial charge in [0.2, 0.25) is 0 Å². The quantitative estimate of drug-likeness (QED) is 0.579. The maximum atomic E-state index is 13.5. The third kappa shape index (κ3) is 3.55. The van der Waals surface area contributed by atoms with Crippen LogP contribution in [0.5, 0.6) is 0 Å². The number of piperazine rings is 1. The average molecular weight is 413 g/mol. The van der Waals surface area contributed by atoms with E-state index in [4.69, 9.17) is 0 Å². The number of Topliss-reactive ketones (excluding diaryl/α,β-unsaturated/α-hetero) is 2. The second-order valence-corrected chi connectivity index (χ2v) is 10.2. The number of nitrogens with zero attached hydrogens (tertiary/aromatic N) is 2. The van der Waals surface area contributed by atoms with Gasteiger partial charge in [0.15, 0.2) is 9.74 Å². The molecule has 0 saturated carbocycles. The predicted octanol–water partition coefficient (Wildman–Crippen LogP) is 2.45. The van der Waals surface area contributed by atoms with Crippen molar-refractivity contribution in [2.24, 2.45) is 0 Å². The van der Waals surface area contributed by atoms with E-state index in [1.54, 1.807) is 16.7 Å². The van der Waals surface area contributed by atoms with E-state index in [1.165, 1.54) is 23.5 Å². The van der Waals surface area contributed by atoms with E-state index in [0.29, 0.717) is 56.7 Å². The number of carbonyl (C=O) groups excluding carboxylic acids is 4. The van der Waals surface area contributed by atoms with E-state index >= 15 is 0 Å². The van der Waals surface area contributed by atoms with Crippen LogP contribution in [0.4, 0.5) is 0 Å². The summed E-state index contributed by atoms with van der Waals surface area (Å²) in [6.07, 6.45) is 4.31. The molecule has 0 unspecified atom stereocenters. The predicted molar refractivity (Wildman–Crippen MR) is 107 cm³/mol. The Morgan fingerprint density at radius 3 is 1.85 bits per heavy atom. The summed E-state index contributed by atoms with van der Waals surface area (Å²) in [5, 5.41) is 0. The highest BCUT2D eigenvalue weighted by molar-refractivity contribution is 8.02. The molecule has 3 fully saturated rings. The first-order chi connectivity index (χ1) is 12.9. The second kappa shape index (κ2) is 8.15. The Labute approximate surface area is 169 Å². The standard InChI is InChI=1S/C19H28N2O4S2/c1-3-15(23)7-13-27-19-9-5-11-21(19)16(24)18(26-12-6-14(2)22)8-4-10-20(18)17(19)25/h3-13H2,1-2H3/t18-,19-/m0/s1. The fraction of sp³-hybridized carbons (Fsp3) is 0.789. The lowest BCUT2D eigenvalue weighted by molar-refractivity contribution is -0.161. The number of rotatable bonds is 9. The lowest BCUT2D eigenvalue weighted by Crippen LogP contribution is -2.71. The second-order valence-electron chi connectivity index (χ2n) is 7.48. The Hall–Kier alpha value is -1.02. The fourth-order valence-electron chi connectivity index (χ4n) is 4.28. The number of hydrogen-bond acceptors (Lipinski definition) is 6. The van der Waals surface area contributed by atoms with Crippen molar-refractivity contribution in [1.29, 1.82) is 0 Å². The summed E-state index contributed by atoms with van der Waals surface area (Å²) in [6, 6.07) is 0. The maximum Gasteiger partial charge on any atom is 0.260 e. The Bertz CT molecular complexity index is 656. The number of amides is 2. The summed E-state index contributed by atoms with van der Waals surface area (Å²) in [5.74, 6) is 1.48. The molecule has 6 nitrogen and oxygen atoms in total. The van der Waals surface area contributed by atoms with E-state index in [1.807, 2.05) is 6.92 Å². The number of thioether (sulfide) groups is 2. The molecule has 0 bridgehead atoms. The van der Waals surface area contributed by atoms with Crippen LogP contribution in [0.25, 0.3) is 0 Å². The molecule has 150 valence electrons. The summed E-state index contributed by atoms with van der Waals surface area (Å²) in [7, 11) is 0. The van der Waals surface area contributed by atoms with Gasteiger partial charge in [-0.1, -0.05) is 6.92 Å². The van der Waals surface area contributed by atoms with Crippen LogP contribution in [0.15, 0.2) is 0 Å². The molecule has 0 aromatic rings. The van der Waals surface area contributed by atoms with Crippen molar-refractivity contribution in [2.45, 2.75) is 68.5 Å². The summed E-state index contributed by atoms with van der Waals surface area (Å²) in [6.45, 7) is 4.60. The molecule has 3 saturated heterocycles. The van der Waals surface area contributed by atoms with Gasteiger partial charge in [-0.3, -0.25) is 19.2 Å². The minimum absolute atomic E-state index is 0.0278. The van der Waals surface area contributed by atoms with Gasteiger partial charge in [0, 0.05) is 43.9 Å². The monoisotopic (exact) mass is 412 g/mol. The van der Waals surface area contributed by atoms with Crippen molar-refractivity contribution in [3.8, 4) is 0 Å². The molecule has 2 amide bonds. The summed E-state index contributed by atoms with van der Waals surface area (Å²) in [5.41, 5.74) is 0. The normalized spacial score (nSPS) is 29.9. The molecule has 2 atom stereocenters. The average Bonchev–Trinajstić information content (AvgIpc) is 3.25. The molecule has 3 aliphatic heterocycles. The molecule has 3 heterocycles. The number of carbonyl (C=O) groups is 4. The molecule has 0 aliphatic carbocycles. The molecular formula is C19H28N2O4S2. The lowest BCUT2D eigenvalue weighted by Gasteiger charge is -2.52. The van der Waals surface area contributed by atoms with Crippen LogP contribution in [0.1, 0.15) is 58.8 Å². The van der Waals surface area contributed by atoms with Crippen molar-refractivity contribution in [3.63, 3.8) is 0 Å². The summed E-state index contributed by atoms with van der Waals surface area (Å²) >= 11 is 2.94. The summed E-state index contributed by atoms with van der Waals surface area (Å²) < 4.78 is 0. The van der Waals surface area contributed by atoms with Gasteiger partial charge < -0.3 is 9.80 Å². The highest BCUT2D eigenvalue weighted by Gasteiger charge is 2.66. The third-order valence-electron chi connectivity index (χ3n) is 5.74. The van der Waals surface area contributed by atoms with Crippen molar-refractivity contribution < 1.29 is 19.2 Å². The smallest absolute Gasteiger partial charge is 0.260 e. The number of ketones is 2. The van der Waals surface area contributed by atoms with Gasteiger partial charge in [-0.25, -0.2) is 0 Å². The van der Waals surface area contributed by atoms with Crippen molar-refractivity contribution in [1.82, 2.24) is 9.80 Å². The van der Waals surface area contributed by atoms with Crippen LogP contribution >= 0.6 is 23.5 Å². The van der Waals surface area contributed by atoms with E-state index < -0.39 is 9.74 Å². The van der Waals surface area contributed by atoms with Gasteiger partial charge in [-0.2, -0.15) is 0 Å². The molecule has 0 aromatic heterocycles. The van der Waals surface area contributed by atoms with Crippen LogP contribution in [0.2, 0.25) is 0 Å². The fourth-order valence-corrected chi connectivity index (χ4v) is 7.38. The molecule has 8 heteroatoms. The first-order valence-corrected chi connectivity index (χ1v) is 11.8. The SMILES string of the molecule is CCC(=O)CCS[C@]12CCCN1C(=O)[C@@]1(SCCC(C)=O)CCCN1C2=O. The van der Waals surface area contributed by atoms with Crippen LogP contribution in [0.3, 0.4) is 0 Å². The lowest BCUT2D eigenvalue weighted by atomic mass is 10.0. The molecular weight excluding hydrogens is 384 g/mol. The van der Waals surface area contributed by atoms with E-state index in [9.17, 15) is 19.2 Å². The minimum atomic E-state index is -0.833. The molecule has 0 N–H and O–H groups in total. The van der Waals surface area contributed by atoms with Crippen molar-refractivity contribution >= 4 is 46.9 Å². The number of fused-ring (bicyclic) bond motifs is 2. The Morgan fingerprint density at radius 1 is 0.926 bits per heavy atom. The Kier molecular flexibility index (Phi) is 6.25.